The first-order valence-electron chi connectivity index (χ1n) is 4.56. The quantitative estimate of drug-likeness (QED) is 0.233. The van der Waals surface area contributed by atoms with Gasteiger partial charge in [-0.1, -0.05) is 0 Å². The molecule has 3 heteroatoms. The van der Waals surface area contributed by atoms with E-state index in [1.54, 1.807) is 0 Å². The molecule has 0 bridgehead atoms. The minimum absolute atomic E-state index is 0. The summed E-state index contributed by atoms with van der Waals surface area (Å²) < 4.78 is 10.8. The summed E-state index contributed by atoms with van der Waals surface area (Å²) in [6.45, 7) is 1.53. The summed E-state index contributed by atoms with van der Waals surface area (Å²) in [5, 5.41) is 0. The molecule has 0 spiro atoms. The largest absolute Gasteiger partial charge is 1.00 e. The minimum atomic E-state index is 0. The maximum atomic E-state index is 6.69. The van der Waals surface area contributed by atoms with E-state index in [1.807, 2.05) is 0 Å². The normalized spacial score (nSPS) is 21.6. The zero-order valence-corrected chi connectivity index (χ0v) is 8.34. The summed E-state index contributed by atoms with van der Waals surface area (Å²) >= 11 is 0. The van der Waals surface area contributed by atoms with E-state index in [-0.39, 0.29) is 25.2 Å². The van der Waals surface area contributed by atoms with Crippen LogP contribution >= 0.6 is 0 Å². The van der Waals surface area contributed by atoms with Gasteiger partial charge in [-0.3, -0.25) is 0 Å². The smallest absolute Gasteiger partial charge is 0.694 e. The van der Waals surface area contributed by atoms with Crippen molar-refractivity contribution in [3.8, 4) is 5.92 Å². The van der Waals surface area contributed by atoms with Gasteiger partial charge in [0, 0.05) is 6.61 Å². The van der Waals surface area contributed by atoms with Crippen LogP contribution < -0.4 is 18.9 Å². The molecule has 0 aliphatic carbocycles. The Bertz CT molecular complexity index is 147. The fraction of sp³-hybridized carbons (Fsp3) is 0.800. The number of hydrogen-bond donors (Lipinski definition) is 0. The standard InChI is InChI=1S/C10H15O2.Li/c1-2-3-5-8-11-10-7-4-6-9-12-10;/h10H,3-9H2;/q-1;+1. The van der Waals surface area contributed by atoms with E-state index in [4.69, 9.17) is 15.9 Å². The molecular weight excluding hydrogens is 159 g/mol. The summed E-state index contributed by atoms with van der Waals surface area (Å²) in [5.74, 6) is 2.33. The van der Waals surface area contributed by atoms with Crippen LogP contribution in [0.3, 0.4) is 0 Å². The van der Waals surface area contributed by atoms with Gasteiger partial charge in [-0.2, -0.15) is 0 Å². The van der Waals surface area contributed by atoms with Gasteiger partial charge in [0.1, 0.15) is 0 Å². The molecule has 1 saturated heterocycles. The van der Waals surface area contributed by atoms with E-state index in [2.05, 4.69) is 5.92 Å². The van der Waals surface area contributed by atoms with Gasteiger partial charge in [-0.25, -0.2) is 0 Å². The molecule has 1 aliphatic heterocycles. The molecule has 1 rings (SSSR count). The molecule has 1 heterocycles. The molecule has 68 valence electrons. The van der Waals surface area contributed by atoms with Crippen molar-refractivity contribution in [2.24, 2.45) is 0 Å². The van der Waals surface area contributed by atoms with Crippen LogP contribution in [0.5, 0.6) is 0 Å². The van der Waals surface area contributed by atoms with E-state index in [9.17, 15) is 0 Å². The predicted molar refractivity (Wildman–Crippen MR) is 45.9 cm³/mol. The molecule has 0 amide bonds. The zero-order valence-electron chi connectivity index (χ0n) is 8.34. The van der Waals surface area contributed by atoms with Gasteiger partial charge in [0.25, 0.3) is 0 Å². The van der Waals surface area contributed by atoms with Crippen LogP contribution in [-0.4, -0.2) is 19.5 Å². The topological polar surface area (TPSA) is 18.5 Å². The van der Waals surface area contributed by atoms with Gasteiger partial charge in [0.2, 0.25) is 0 Å². The van der Waals surface area contributed by atoms with Crippen molar-refractivity contribution in [3.63, 3.8) is 0 Å². The van der Waals surface area contributed by atoms with Crippen molar-refractivity contribution < 1.29 is 28.3 Å². The van der Waals surface area contributed by atoms with Crippen LogP contribution in [0.15, 0.2) is 0 Å². The molecule has 1 fully saturated rings. The van der Waals surface area contributed by atoms with Gasteiger partial charge in [0.05, 0.1) is 6.61 Å². The minimum Gasteiger partial charge on any atom is -0.694 e. The van der Waals surface area contributed by atoms with Crippen molar-refractivity contribution in [1.29, 1.82) is 0 Å². The van der Waals surface area contributed by atoms with E-state index in [0.29, 0.717) is 13.0 Å². The van der Waals surface area contributed by atoms with Gasteiger partial charge >= 0.3 is 18.9 Å². The summed E-state index contributed by atoms with van der Waals surface area (Å²) in [6.07, 6.45) is 11.7. The molecule has 1 unspecified atom stereocenters. The Labute approximate surface area is 92.5 Å². The fourth-order valence-electron chi connectivity index (χ4n) is 1.22. The monoisotopic (exact) mass is 174 g/mol. The van der Waals surface area contributed by atoms with Gasteiger partial charge < -0.3 is 21.8 Å². The maximum Gasteiger partial charge on any atom is 1.00 e. The third-order valence-electron chi connectivity index (χ3n) is 1.89. The summed E-state index contributed by atoms with van der Waals surface area (Å²) in [7, 11) is 0. The molecule has 0 aromatic rings. The summed E-state index contributed by atoms with van der Waals surface area (Å²) in [6, 6.07) is 0. The van der Waals surface area contributed by atoms with Crippen molar-refractivity contribution in [2.45, 2.75) is 38.4 Å². The molecule has 1 atom stereocenters. The van der Waals surface area contributed by atoms with E-state index in [0.717, 1.165) is 25.9 Å². The molecule has 0 saturated carbocycles. The number of unbranched alkanes of at least 4 members (excludes halogenated alkanes) is 1. The molecule has 0 aromatic heterocycles. The number of hydrogen-bond acceptors (Lipinski definition) is 2. The molecule has 13 heavy (non-hydrogen) atoms. The maximum absolute atomic E-state index is 6.69. The third kappa shape index (κ3) is 6.19. The van der Waals surface area contributed by atoms with Crippen LogP contribution in [0.4, 0.5) is 0 Å². The average Bonchev–Trinajstić information content (AvgIpc) is 2.14. The SMILES string of the molecule is [C-]#CCCCOC1CCCCO1.[Li+]. The van der Waals surface area contributed by atoms with Crippen LogP contribution in [0.1, 0.15) is 32.1 Å². The Morgan fingerprint density at radius 1 is 1.46 bits per heavy atom. The second-order valence-corrected chi connectivity index (χ2v) is 2.95. The van der Waals surface area contributed by atoms with Crippen molar-refractivity contribution >= 4 is 0 Å². The summed E-state index contributed by atoms with van der Waals surface area (Å²) in [4.78, 5) is 0. The van der Waals surface area contributed by atoms with Gasteiger partial charge in [-0.15, -0.1) is 0 Å². The fourth-order valence-corrected chi connectivity index (χ4v) is 1.22. The summed E-state index contributed by atoms with van der Waals surface area (Å²) in [5.41, 5.74) is 0. The first-order chi connectivity index (χ1) is 5.93. The van der Waals surface area contributed by atoms with Gasteiger partial charge in [-0.05, 0) is 32.1 Å². The first-order valence-corrected chi connectivity index (χ1v) is 4.56. The predicted octanol–water partition coefficient (Wildman–Crippen LogP) is -1.10. The van der Waals surface area contributed by atoms with Crippen molar-refractivity contribution in [3.05, 3.63) is 6.42 Å². The van der Waals surface area contributed by atoms with Crippen molar-refractivity contribution in [2.75, 3.05) is 13.2 Å². The molecule has 0 N–H and O–H groups in total. The second-order valence-electron chi connectivity index (χ2n) is 2.95. The Hall–Kier alpha value is 0.0774. The van der Waals surface area contributed by atoms with Crippen molar-refractivity contribution in [1.82, 2.24) is 0 Å². The van der Waals surface area contributed by atoms with E-state index in [1.165, 1.54) is 6.42 Å². The second kappa shape index (κ2) is 8.67. The van der Waals surface area contributed by atoms with Crippen LogP contribution in [0, 0.1) is 12.3 Å². The molecule has 0 aromatic carbocycles. The molecule has 2 nitrogen and oxygen atoms in total. The van der Waals surface area contributed by atoms with Crippen LogP contribution in [0.25, 0.3) is 0 Å². The molecule has 1 aliphatic rings. The van der Waals surface area contributed by atoms with Gasteiger partial charge in [0.15, 0.2) is 6.29 Å². The average molecular weight is 174 g/mol. The zero-order chi connectivity index (χ0) is 8.65. The Morgan fingerprint density at radius 2 is 2.31 bits per heavy atom. The Morgan fingerprint density at radius 3 is 2.92 bits per heavy atom. The third-order valence-corrected chi connectivity index (χ3v) is 1.89. The molecule has 0 radical (unpaired) electrons. The first kappa shape index (κ1) is 13.1. The molecular formula is C10H15LiO2. The number of ether oxygens (including phenoxy) is 2. The van der Waals surface area contributed by atoms with Crippen LogP contribution in [-0.2, 0) is 9.47 Å². The van der Waals surface area contributed by atoms with E-state index < -0.39 is 0 Å². The Balaban J connectivity index is 0.00000144. The van der Waals surface area contributed by atoms with E-state index >= 15 is 0 Å². The Kier molecular flexibility index (Phi) is 8.72. The number of rotatable bonds is 4. The van der Waals surface area contributed by atoms with Crippen LogP contribution in [0.2, 0.25) is 0 Å².